The van der Waals surface area contributed by atoms with Crippen molar-refractivity contribution in [2.45, 2.75) is 24.3 Å². The average molecular weight is 345 g/mol. The second-order valence-corrected chi connectivity index (χ2v) is 8.06. The molecule has 5 nitrogen and oxygen atoms in total. The number of aryl methyl sites for hydroxylation is 1. The fourth-order valence-electron chi connectivity index (χ4n) is 2.76. The quantitative estimate of drug-likeness (QED) is 0.925. The Hall–Kier alpha value is -2.34. The topological polar surface area (TPSA) is 72.5 Å². The van der Waals surface area contributed by atoms with Gasteiger partial charge in [-0.2, -0.15) is 0 Å². The van der Waals surface area contributed by atoms with E-state index >= 15 is 0 Å². The van der Waals surface area contributed by atoms with E-state index in [1.54, 1.807) is 13.0 Å². The Morgan fingerprint density at radius 3 is 2.71 bits per heavy atom. The van der Waals surface area contributed by atoms with Gasteiger partial charge in [0.05, 0.1) is 10.9 Å². The number of ether oxygens (including phenoxy) is 1. The Morgan fingerprint density at radius 1 is 1.21 bits per heavy atom. The minimum Gasteiger partial charge on any atom is -0.491 e. The van der Waals surface area contributed by atoms with Gasteiger partial charge in [-0.15, -0.1) is 0 Å². The van der Waals surface area contributed by atoms with Crippen LogP contribution in [0.1, 0.15) is 21.5 Å². The highest BCUT2D eigenvalue weighted by Crippen LogP contribution is 2.24. The number of carbonyl (C=O) groups is 1. The summed E-state index contributed by atoms with van der Waals surface area (Å²) in [5.74, 6) is 0.559. The van der Waals surface area contributed by atoms with Crippen molar-refractivity contribution in [3.63, 3.8) is 0 Å². The minimum absolute atomic E-state index is 0.142. The predicted molar refractivity (Wildman–Crippen MR) is 91.2 cm³/mol. The van der Waals surface area contributed by atoms with Crippen LogP contribution in [-0.4, -0.2) is 33.2 Å². The lowest BCUT2D eigenvalue weighted by Gasteiger charge is -2.26. The van der Waals surface area contributed by atoms with Crippen molar-refractivity contribution in [2.24, 2.45) is 0 Å². The van der Waals surface area contributed by atoms with Gasteiger partial charge in [0, 0.05) is 11.8 Å². The molecule has 24 heavy (non-hydrogen) atoms. The lowest BCUT2D eigenvalue weighted by Crippen LogP contribution is -2.42. The van der Waals surface area contributed by atoms with Gasteiger partial charge < -0.3 is 10.1 Å². The molecule has 1 N–H and O–H groups in total. The van der Waals surface area contributed by atoms with Crippen LogP contribution in [0.2, 0.25) is 0 Å². The van der Waals surface area contributed by atoms with Gasteiger partial charge in [0.1, 0.15) is 12.4 Å². The fraction of sp³-hybridized carbons (Fsp3) is 0.278. The highest BCUT2D eigenvalue weighted by molar-refractivity contribution is 7.90. The van der Waals surface area contributed by atoms with Gasteiger partial charge in [-0.25, -0.2) is 8.42 Å². The van der Waals surface area contributed by atoms with Crippen molar-refractivity contribution in [2.75, 3.05) is 12.9 Å². The number of para-hydroxylation sites is 1. The lowest BCUT2D eigenvalue weighted by molar-refractivity contribution is 0.0914. The van der Waals surface area contributed by atoms with Gasteiger partial charge >= 0.3 is 0 Å². The highest BCUT2D eigenvalue weighted by atomic mass is 32.2. The first-order valence-corrected chi connectivity index (χ1v) is 9.56. The molecule has 0 spiro atoms. The second-order valence-electron chi connectivity index (χ2n) is 6.04. The van der Waals surface area contributed by atoms with Crippen molar-refractivity contribution >= 4 is 15.7 Å². The van der Waals surface area contributed by atoms with Crippen LogP contribution >= 0.6 is 0 Å². The molecule has 0 aromatic heterocycles. The van der Waals surface area contributed by atoms with E-state index in [2.05, 4.69) is 5.32 Å². The Labute approximate surface area is 141 Å². The number of hydrogen-bond donors (Lipinski definition) is 1. The van der Waals surface area contributed by atoms with Crippen LogP contribution in [0.5, 0.6) is 5.75 Å². The molecule has 0 radical (unpaired) electrons. The zero-order chi connectivity index (χ0) is 17.3. The van der Waals surface area contributed by atoms with Gasteiger partial charge in [0.25, 0.3) is 5.91 Å². The monoisotopic (exact) mass is 345 g/mol. The van der Waals surface area contributed by atoms with Crippen LogP contribution in [0.4, 0.5) is 0 Å². The number of benzene rings is 2. The van der Waals surface area contributed by atoms with Crippen LogP contribution in [0.15, 0.2) is 47.4 Å². The van der Waals surface area contributed by atoms with Gasteiger partial charge in [0.2, 0.25) is 0 Å². The van der Waals surface area contributed by atoms with E-state index in [0.29, 0.717) is 18.6 Å². The van der Waals surface area contributed by atoms with Gasteiger partial charge in [-0.05, 0) is 42.7 Å². The van der Waals surface area contributed by atoms with Crippen LogP contribution in [0.3, 0.4) is 0 Å². The Kier molecular flexibility index (Phi) is 4.32. The molecule has 0 saturated heterocycles. The van der Waals surface area contributed by atoms with Crippen molar-refractivity contribution in [3.8, 4) is 5.75 Å². The van der Waals surface area contributed by atoms with E-state index < -0.39 is 9.84 Å². The van der Waals surface area contributed by atoms with E-state index in [1.165, 1.54) is 12.1 Å². The maximum Gasteiger partial charge on any atom is 0.251 e. The van der Waals surface area contributed by atoms with Crippen molar-refractivity contribution in [1.82, 2.24) is 5.32 Å². The molecule has 0 bridgehead atoms. The zero-order valence-corrected chi connectivity index (χ0v) is 14.4. The molecule has 0 fully saturated rings. The summed E-state index contributed by atoms with van der Waals surface area (Å²) < 4.78 is 29.1. The minimum atomic E-state index is -3.35. The van der Waals surface area contributed by atoms with E-state index in [9.17, 15) is 13.2 Å². The number of rotatable bonds is 3. The smallest absolute Gasteiger partial charge is 0.251 e. The second kappa shape index (κ2) is 6.28. The summed E-state index contributed by atoms with van der Waals surface area (Å²) in [6.45, 7) is 2.18. The normalized spacial score (nSPS) is 16.8. The van der Waals surface area contributed by atoms with Gasteiger partial charge in [0.15, 0.2) is 9.84 Å². The predicted octanol–water partition coefficient (Wildman–Crippen LogP) is 2.13. The fourth-order valence-corrected chi connectivity index (χ4v) is 3.41. The third kappa shape index (κ3) is 3.43. The summed E-state index contributed by atoms with van der Waals surface area (Å²) in [7, 11) is -3.35. The van der Waals surface area contributed by atoms with Crippen LogP contribution < -0.4 is 10.1 Å². The summed E-state index contributed by atoms with van der Waals surface area (Å²) in [5.41, 5.74) is 2.16. The molecule has 1 amide bonds. The number of carbonyl (C=O) groups excluding carboxylic acids is 1. The summed E-state index contributed by atoms with van der Waals surface area (Å²) in [5, 5.41) is 2.94. The molecule has 2 aromatic carbocycles. The van der Waals surface area contributed by atoms with E-state index in [4.69, 9.17) is 4.74 Å². The van der Waals surface area contributed by atoms with Crippen molar-refractivity contribution < 1.29 is 17.9 Å². The molecule has 1 atom stereocenters. The van der Waals surface area contributed by atoms with Crippen LogP contribution in [0, 0.1) is 6.92 Å². The Bertz CT molecular complexity index is 890. The summed E-state index contributed by atoms with van der Waals surface area (Å²) >= 11 is 0. The molecule has 0 aliphatic carbocycles. The molecule has 2 aromatic rings. The first-order chi connectivity index (χ1) is 11.3. The molecular weight excluding hydrogens is 326 g/mol. The first-order valence-electron chi connectivity index (χ1n) is 7.67. The molecule has 126 valence electrons. The molecule has 1 heterocycles. The van der Waals surface area contributed by atoms with Crippen molar-refractivity contribution in [3.05, 3.63) is 59.2 Å². The number of fused-ring (bicyclic) bond motifs is 1. The molecule has 0 saturated carbocycles. The molecule has 3 rings (SSSR count). The number of hydrogen-bond acceptors (Lipinski definition) is 4. The summed E-state index contributed by atoms with van der Waals surface area (Å²) in [4.78, 5) is 12.7. The van der Waals surface area contributed by atoms with E-state index in [1.807, 2.05) is 24.3 Å². The average Bonchev–Trinajstić information content (AvgIpc) is 2.54. The summed E-state index contributed by atoms with van der Waals surface area (Å²) in [6, 6.07) is 12.2. The van der Waals surface area contributed by atoms with E-state index in [0.717, 1.165) is 23.1 Å². The molecule has 1 aliphatic rings. The number of nitrogens with one attached hydrogen (secondary N) is 1. The first kappa shape index (κ1) is 16.5. The molecule has 0 unspecified atom stereocenters. The lowest BCUT2D eigenvalue weighted by atomic mass is 10.0. The highest BCUT2D eigenvalue weighted by Gasteiger charge is 2.23. The van der Waals surface area contributed by atoms with Crippen LogP contribution in [0.25, 0.3) is 0 Å². The largest absolute Gasteiger partial charge is 0.491 e. The zero-order valence-electron chi connectivity index (χ0n) is 13.6. The maximum atomic E-state index is 12.6. The molecular formula is C18H19NO4S. The third-order valence-electron chi connectivity index (χ3n) is 4.10. The van der Waals surface area contributed by atoms with E-state index in [-0.39, 0.29) is 16.8 Å². The summed E-state index contributed by atoms with van der Waals surface area (Å²) in [6.07, 6.45) is 1.82. The van der Waals surface area contributed by atoms with Gasteiger partial charge in [-0.1, -0.05) is 24.3 Å². The Morgan fingerprint density at radius 2 is 1.96 bits per heavy atom. The third-order valence-corrected chi connectivity index (χ3v) is 5.21. The number of sulfone groups is 1. The Balaban J connectivity index is 1.79. The van der Waals surface area contributed by atoms with Crippen LogP contribution in [-0.2, 0) is 16.3 Å². The molecule has 6 heteroatoms. The number of amides is 1. The maximum absolute atomic E-state index is 12.6. The SMILES string of the molecule is Cc1ccc(S(C)(=O)=O)cc1C(=O)N[C@@H]1COc2ccccc2C1. The van der Waals surface area contributed by atoms with Crippen molar-refractivity contribution in [1.29, 1.82) is 0 Å². The standard InChI is InChI=1S/C18H19NO4S/c1-12-7-8-15(24(2,21)22)10-16(12)18(20)19-14-9-13-5-3-4-6-17(13)23-11-14/h3-8,10,14H,9,11H2,1-2H3,(H,19,20)/t14-/m0/s1. The molecule has 1 aliphatic heterocycles. The van der Waals surface area contributed by atoms with Gasteiger partial charge in [-0.3, -0.25) is 4.79 Å².